The summed E-state index contributed by atoms with van der Waals surface area (Å²) in [6.45, 7) is 0.171. The molecule has 1 aliphatic carbocycles. The molecule has 1 amide bonds. The SMILES string of the molecule is C#CCOc1ccc(C(=O)NC2CCCC2)cc1OC. The first kappa shape index (κ1) is 14.3. The van der Waals surface area contributed by atoms with Crippen LogP contribution in [0.25, 0.3) is 0 Å². The lowest BCUT2D eigenvalue weighted by Crippen LogP contribution is -2.32. The van der Waals surface area contributed by atoms with E-state index in [1.165, 1.54) is 20.0 Å². The Hall–Kier alpha value is -2.15. The summed E-state index contributed by atoms with van der Waals surface area (Å²) in [6, 6.07) is 5.40. The number of benzene rings is 1. The smallest absolute Gasteiger partial charge is 0.251 e. The molecule has 0 heterocycles. The highest BCUT2D eigenvalue weighted by Crippen LogP contribution is 2.28. The summed E-state index contributed by atoms with van der Waals surface area (Å²) in [4.78, 5) is 12.2. The standard InChI is InChI=1S/C16H19NO3/c1-3-10-20-14-9-8-12(11-15(14)19-2)16(18)17-13-6-4-5-7-13/h1,8-9,11,13H,4-7,10H2,2H3,(H,17,18). The molecule has 20 heavy (non-hydrogen) atoms. The first-order valence-corrected chi connectivity index (χ1v) is 6.79. The maximum Gasteiger partial charge on any atom is 0.251 e. The van der Waals surface area contributed by atoms with Gasteiger partial charge in [-0.3, -0.25) is 4.79 Å². The van der Waals surface area contributed by atoms with E-state index in [-0.39, 0.29) is 12.5 Å². The minimum absolute atomic E-state index is 0.0706. The predicted octanol–water partition coefficient (Wildman–Crippen LogP) is 2.38. The number of ether oxygens (including phenoxy) is 2. The van der Waals surface area contributed by atoms with E-state index in [9.17, 15) is 4.79 Å². The van der Waals surface area contributed by atoms with Crippen LogP contribution in [0.1, 0.15) is 36.0 Å². The van der Waals surface area contributed by atoms with E-state index in [0.29, 0.717) is 23.1 Å². The molecule has 0 radical (unpaired) electrons. The summed E-state index contributed by atoms with van der Waals surface area (Å²) in [6.07, 6.45) is 9.66. The third kappa shape index (κ3) is 3.45. The maximum atomic E-state index is 12.2. The summed E-state index contributed by atoms with van der Waals surface area (Å²) in [7, 11) is 1.54. The number of hydrogen-bond acceptors (Lipinski definition) is 3. The Kier molecular flexibility index (Phi) is 4.89. The lowest BCUT2D eigenvalue weighted by Gasteiger charge is -2.14. The third-order valence-electron chi connectivity index (χ3n) is 3.43. The molecule has 1 aromatic rings. The van der Waals surface area contributed by atoms with Crippen LogP contribution in [0.3, 0.4) is 0 Å². The fraction of sp³-hybridized carbons (Fsp3) is 0.438. The second kappa shape index (κ2) is 6.85. The highest BCUT2D eigenvalue weighted by Gasteiger charge is 2.18. The van der Waals surface area contributed by atoms with Gasteiger partial charge in [0.1, 0.15) is 6.61 Å². The molecule has 2 rings (SSSR count). The number of hydrogen-bond donors (Lipinski definition) is 1. The third-order valence-corrected chi connectivity index (χ3v) is 3.43. The summed E-state index contributed by atoms with van der Waals surface area (Å²) < 4.78 is 10.6. The van der Waals surface area contributed by atoms with Crippen molar-refractivity contribution in [2.75, 3.05) is 13.7 Å². The fourth-order valence-electron chi connectivity index (χ4n) is 2.39. The maximum absolute atomic E-state index is 12.2. The van der Waals surface area contributed by atoms with Crippen LogP contribution in [0.5, 0.6) is 11.5 Å². The lowest BCUT2D eigenvalue weighted by molar-refractivity contribution is 0.0937. The van der Waals surface area contributed by atoms with Gasteiger partial charge < -0.3 is 14.8 Å². The minimum atomic E-state index is -0.0706. The Balaban J connectivity index is 2.07. The van der Waals surface area contributed by atoms with Gasteiger partial charge in [-0.15, -0.1) is 6.42 Å². The van der Waals surface area contributed by atoms with E-state index in [4.69, 9.17) is 15.9 Å². The quantitative estimate of drug-likeness (QED) is 0.838. The van der Waals surface area contributed by atoms with Crippen LogP contribution in [-0.4, -0.2) is 25.7 Å². The molecule has 1 aliphatic rings. The van der Waals surface area contributed by atoms with Crippen LogP contribution in [-0.2, 0) is 0 Å². The van der Waals surface area contributed by atoms with Crippen molar-refractivity contribution in [3.63, 3.8) is 0 Å². The second-order valence-electron chi connectivity index (χ2n) is 4.81. The van der Waals surface area contributed by atoms with Crippen molar-refractivity contribution in [3.8, 4) is 23.8 Å². The van der Waals surface area contributed by atoms with E-state index in [1.54, 1.807) is 18.2 Å². The molecule has 0 atom stereocenters. The first-order chi connectivity index (χ1) is 9.74. The number of rotatable bonds is 5. The van der Waals surface area contributed by atoms with Gasteiger partial charge >= 0.3 is 0 Å². The minimum Gasteiger partial charge on any atom is -0.493 e. The highest BCUT2D eigenvalue weighted by molar-refractivity contribution is 5.95. The highest BCUT2D eigenvalue weighted by atomic mass is 16.5. The molecule has 4 nitrogen and oxygen atoms in total. The lowest BCUT2D eigenvalue weighted by atomic mass is 10.1. The van der Waals surface area contributed by atoms with E-state index < -0.39 is 0 Å². The van der Waals surface area contributed by atoms with Gasteiger partial charge in [0.15, 0.2) is 11.5 Å². The molecule has 0 unspecified atom stereocenters. The van der Waals surface area contributed by atoms with Crippen molar-refractivity contribution in [2.24, 2.45) is 0 Å². The Morgan fingerprint density at radius 2 is 2.15 bits per heavy atom. The van der Waals surface area contributed by atoms with Gasteiger partial charge in [-0.1, -0.05) is 18.8 Å². The topological polar surface area (TPSA) is 47.6 Å². The van der Waals surface area contributed by atoms with Crippen LogP contribution in [0, 0.1) is 12.3 Å². The number of methoxy groups -OCH3 is 1. The molecule has 1 saturated carbocycles. The van der Waals surface area contributed by atoms with E-state index in [2.05, 4.69) is 11.2 Å². The summed E-state index contributed by atoms with van der Waals surface area (Å²) in [5.41, 5.74) is 0.571. The average molecular weight is 273 g/mol. The fourth-order valence-corrected chi connectivity index (χ4v) is 2.39. The van der Waals surface area contributed by atoms with E-state index in [0.717, 1.165) is 12.8 Å². The van der Waals surface area contributed by atoms with Crippen LogP contribution in [0.15, 0.2) is 18.2 Å². The molecule has 1 N–H and O–H groups in total. The molecule has 0 aromatic heterocycles. The average Bonchev–Trinajstić information content (AvgIpc) is 2.97. The van der Waals surface area contributed by atoms with Gasteiger partial charge in [0.25, 0.3) is 5.91 Å². The number of carbonyl (C=O) groups is 1. The van der Waals surface area contributed by atoms with Gasteiger partial charge in [0.05, 0.1) is 7.11 Å². The predicted molar refractivity (Wildman–Crippen MR) is 77.0 cm³/mol. The van der Waals surface area contributed by atoms with Crippen molar-refractivity contribution in [1.29, 1.82) is 0 Å². The van der Waals surface area contributed by atoms with E-state index >= 15 is 0 Å². The number of terminal acetylenes is 1. The normalized spacial score (nSPS) is 14.6. The molecule has 4 heteroatoms. The number of carbonyl (C=O) groups excluding carboxylic acids is 1. The first-order valence-electron chi connectivity index (χ1n) is 6.79. The largest absolute Gasteiger partial charge is 0.493 e. The molecule has 106 valence electrons. The molecule has 0 bridgehead atoms. The van der Waals surface area contributed by atoms with Gasteiger partial charge in [0.2, 0.25) is 0 Å². The molecule has 0 saturated heterocycles. The molecule has 1 fully saturated rings. The molecular formula is C16H19NO3. The zero-order valence-corrected chi connectivity index (χ0v) is 11.6. The molecule has 1 aromatic carbocycles. The Morgan fingerprint density at radius 1 is 1.40 bits per heavy atom. The van der Waals surface area contributed by atoms with Gasteiger partial charge in [0, 0.05) is 11.6 Å². The van der Waals surface area contributed by atoms with Crippen molar-refractivity contribution >= 4 is 5.91 Å². The van der Waals surface area contributed by atoms with Gasteiger partial charge in [-0.2, -0.15) is 0 Å². The van der Waals surface area contributed by atoms with Crippen LogP contribution >= 0.6 is 0 Å². The van der Waals surface area contributed by atoms with Crippen LogP contribution < -0.4 is 14.8 Å². The zero-order chi connectivity index (χ0) is 14.4. The van der Waals surface area contributed by atoms with Gasteiger partial charge in [-0.05, 0) is 31.0 Å². The van der Waals surface area contributed by atoms with Crippen molar-refractivity contribution in [1.82, 2.24) is 5.32 Å². The summed E-state index contributed by atoms with van der Waals surface area (Å²) in [5.74, 6) is 3.38. The summed E-state index contributed by atoms with van der Waals surface area (Å²) in [5, 5.41) is 3.04. The monoisotopic (exact) mass is 273 g/mol. The summed E-state index contributed by atoms with van der Waals surface area (Å²) >= 11 is 0. The number of nitrogens with one attached hydrogen (secondary N) is 1. The molecular weight excluding hydrogens is 254 g/mol. The zero-order valence-electron chi connectivity index (χ0n) is 11.6. The van der Waals surface area contributed by atoms with Crippen molar-refractivity contribution in [2.45, 2.75) is 31.7 Å². The Labute approximate surface area is 119 Å². The Bertz CT molecular complexity index is 513. The molecule has 0 spiro atoms. The van der Waals surface area contributed by atoms with Gasteiger partial charge in [-0.25, -0.2) is 0 Å². The van der Waals surface area contributed by atoms with Crippen molar-refractivity contribution < 1.29 is 14.3 Å². The van der Waals surface area contributed by atoms with Crippen LogP contribution in [0.2, 0.25) is 0 Å². The van der Waals surface area contributed by atoms with Crippen LogP contribution in [0.4, 0.5) is 0 Å². The Morgan fingerprint density at radius 3 is 2.80 bits per heavy atom. The number of amides is 1. The van der Waals surface area contributed by atoms with Crippen molar-refractivity contribution in [3.05, 3.63) is 23.8 Å². The second-order valence-corrected chi connectivity index (χ2v) is 4.81. The van der Waals surface area contributed by atoms with E-state index in [1.807, 2.05) is 0 Å². The molecule has 0 aliphatic heterocycles.